The number of rotatable bonds is 1. The Kier molecular flexibility index (Phi) is 2.89. The van der Waals surface area contributed by atoms with Gasteiger partial charge in [-0.25, -0.2) is 4.39 Å². The second kappa shape index (κ2) is 4.06. The molecule has 0 saturated carbocycles. The van der Waals surface area contributed by atoms with E-state index in [4.69, 9.17) is 5.73 Å². The summed E-state index contributed by atoms with van der Waals surface area (Å²) >= 11 is 0. The highest BCUT2D eigenvalue weighted by molar-refractivity contribution is 5.49. The van der Waals surface area contributed by atoms with E-state index >= 15 is 0 Å². The summed E-state index contributed by atoms with van der Waals surface area (Å²) in [6.07, 6.45) is 1.98. The predicted molar refractivity (Wildman–Crippen MR) is 65.0 cm³/mol. The van der Waals surface area contributed by atoms with Crippen molar-refractivity contribution in [2.45, 2.75) is 38.3 Å². The Bertz CT molecular complexity index is 359. The zero-order chi connectivity index (χ0) is 11.8. The van der Waals surface area contributed by atoms with Gasteiger partial charge in [0.15, 0.2) is 0 Å². The largest absolute Gasteiger partial charge is 0.366 e. The van der Waals surface area contributed by atoms with Crippen LogP contribution in [0.15, 0.2) is 24.3 Å². The molecule has 1 unspecified atom stereocenters. The Morgan fingerprint density at radius 1 is 1.31 bits per heavy atom. The first kappa shape index (κ1) is 11.4. The number of nitrogens with zero attached hydrogens (tertiary/aromatic N) is 1. The Morgan fingerprint density at radius 3 is 2.50 bits per heavy atom. The highest BCUT2D eigenvalue weighted by Crippen LogP contribution is 2.31. The minimum Gasteiger partial charge on any atom is -0.366 e. The van der Waals surface area contributed by atoms with Gasteiger partial charge in [0.25, 0.3) is 0 Å². The molecule has 1 aromatic carbocycles. The minimum atomic E-state index is -0.185. The molecule has 2 nitrogen and oxygen atoms in total. The first-order chi connectivity index (χ1) is 7.49. The third-order valence-corrected chi connectivity index (χ3v) is 3.35. The molecule has 3 heteroatoms. The molecular formula is C13H19FN2. The highest BCUT2D eigenvalue weighted by atomic mass is 19.1. The molecule has 1 fully saturated rings. The standard InChI is InChI=1S/C13H19FN2/c1-13(2)9-11(15)7-8-16(13)12-5-3-10(14)4-6-12/h3-6,11H,7-9,15H2,1-2H3. The summed E-state index contributed by atoms with van der Waals surface area (Å²) < 4.78 is 12.9. The first-order valence-electron chi connectivity index (χ1n) is 5.78. The van der Waals surface area contributed by atoms with E-state index in [9.17, 15) is 4.39 Å². The van der Waals surface area contributed by atoms with Crippen molar-refractivity contribution in [3.05, 3.63) is 30.1 Å². The van der Waals surface area contributed by atoms with Gasteiger partial charge in [-0.3, -0.25) is 0 Å². The van der Waals surface area contributed by atoms with E-state index in [1.54, 1.807) is 0 Å². The van der Waals surface area contributed by atoms with Gasteiger partial charge in [0.2, 0.25) is 0 Å². The van der Waals surface area contributed by atoms with Gasteiger partial charge >= 0.3 is 0 Å². The van der Waals surface area contributed by atoms with Crippen LogP contribution in [-0.2, 0) is 0 Å². The summed E-state index contributed by atoms with van der Waals surface area (Å²) in [6, 6.07) is 6.99. The quantitative estimate of drug-likeness (QED) is 0.791. The van der Waals surface area contributed by atoms with E-state index in [1.807, 2.05) is 12.1 Å². The van der Waals surface area contributed by atoms with E-state index in [0.717, 1.165) is 25.1 Å². The van der Waals surface area contributed by atoms with Crippen LogP contribution in [0.5, 0.6) is 0 Å². The smallest absolute Gasteiger partial charge is 0.123 e. The van der Waals surface area contributed by atoms with Crippen LogP contribution in [0.25, 0.3) is 0 Å². The zero-order valence-corrected chi connectivity index (χ0v) is 9.91. The summed E-state index contributed by atoms with van der Waals surface area (Å²) in [5, 5.41) is 0. The lowest BCUT2D eigenvalue weighted by Gasteiger charge is -2.46. The van der Waals surface area contributed by atoms with Gasteiger partial charge in [0.05, 0.1) is 0 Å². The summed E-state index contributed by atoms with van der Waals surface area (Å²) in [7, 11) is 0. The van der Waals surface area contributed by atoms with Crippen molar-refractivity contribution >= 4 is 5.69 Å². The SMILES string of the molecule is CC1(C)CC(N)CCN1c1ccc(F)cc1. The number of piperidine rings is 1. The van der Waals surface area contributed by atoms with Crippen molar-refractivity contribution in [1.29, 1.82) is 0 Å². The molecule has 1 heterocycles. The van der Waals surface area contributed by atoms with Gasteiger partial charge in [0, 0.05) is 23.8 Å². The Labute approximate surface area is 96.2 Å². The molecule has 1 saturated heterocycles. The predicted octanol–water partition coefficient (Wildman–Crippen LogP) is 2.53. The molecule has 0 aliphatic carbocycles. The first-order valence-corrected chi connectivity index (χ1v) is 5.78. The summed E-state index contributed by atoms with van der Waals surface area (Å²) in [5.41, 5.74) is 7.12. The van der Waals surface area contributed by atoms with Crippen LogP contribution in [0.1, 0.15) is 26.7 Å². The molecular weight excluding hydrogens is 203 g/mol. The molecule has 0 bridgehead atoms. The van der Waals surface area contributed by atoms with Crippen LogP contribution in [0.3, 0.4) is 0 Å². The lowest BCUT2D eigenvalue weighted by atomic mass is 9.87. The van der Waals surface area contributed by atoms with Crippen molar-refractivity contribution in [3.63, 3.8) is 0 Å². The highest BCUT2D eigenvalue weighted by Gasteiger charge is 2.33. The van der Waals surface area contributed by atoms with Crippen molar-refractivity contribution in [3.8, 4) is 0 Å². The van der Waals surface area contributed by atoms with Crippen molar-refractivity contribution < 1.29 is 4.39 Å². The number of hydrogen-bond donors (Lipinski definition) is 1. The van der Waals surface area contributed by atoms with Gasteiger partial charge in [-0.05, 0) is 51.0 Å². The van der Waals surface area contributed by atoms with Crippen LogP contribution >= 0.6 is 0 Å². The van der Waals surface area contributed by atoms with E-state index < -0.39 is 0 Å². The van der Waals surface area contributed by atoms with Gasteiger partial charge in [-0.1, -0.05) is 0 Å². The number of halogens is 1. The Hall–Kier alpha value is -1.09. The summed E-state index contributed by atoms with van der Waals surface area (Å²) in [6.45, 7) is 5.32. The average molecular weight is 222 g/mol. The maximum atomic E-state index is 12.9. The van der Waals surface area contributed by atoms with Crippen LogP contribution in [-0.4, -0.2) is 18.1 Å². The Morgan fingerprint density at radius 2 is 1.94 bits per heavy atom. The number of nitrogens with two attached hydrogens (primary N) is 1. The van der Waals surface area contributed by atoms with Crippen LogP contribution in [0, 0.1) is 5.82 Å². The Balaban J connectivity index is 2.23. The summed E-state index contributed by atoms with van der Waals surface area (Å²) in [4.78, 5) is 2.32. The van der Waals surface area contributed by atoms with E-state index in [0.29, 0.717) is 0 Å². The minimum absolute atomic E-state index is 0.0511. The molecule has 0 aromatic heterocycles. The molecule has 1 aliphatic rings. The van der Waals surface area contributed by atoms with Crippen LogP contribution < -0.4 is 10.6 Å². The van der Waals surface area contributed by atoms with Crippen LogP contribution in [0.4, 0.5) is 10.1 Å². The average Bonchev–Trinajstić information content (AvgIpc) is 2.18. The van der Waals surface area contributed by atoms with Gasteiger partial charge in [-0.2, -0.15) is 0 Å². The third kappa shape index (κ3) is 2.19. The molecule has 16 heavy (non-hydrogen) atoms. The third-order valence-electron chi connectivity index (χ3n) is 3.35. The van der Waals surface area contributed by atoms with E-state index in [2.05, 4.69) is 18.7 Å². The second-order valence-electron chi connectivity index (χ2n) is 5.19. The maximum Gasteiger partial charge on any atom is 0.123 e. The monoisotopic (exact) mass is 222 g/mol. The fourth-order valence-corrected chi connectivity index (χ4v) is 2.55. The van der Waals surface area contributed by atoms with Gasteiger partial charge in [-0.15, -0.1) is 0 Å². The number of hydrogen-bond acceptors (Lipinski definition) is 2. The van der Waals surface area contributed by atoms with Crippen molar-refractivity contribution in [2.75, 3.05) is 11.4 Å². The van der Waals surface area contributed by atoms with E-state index in [1.165, 1.54) is 12.1 Å². The molecule has 1 aliphatic heterocycles. The van der Waals surface area contributed by atoms with E-state index in [-0.39, 0.29) is 17.4 Å². The molecule has 1 atom stereocenters. The van der Waals surface area contributed by atoms with Crippen molar-refractivity contribution in [1.82, 2.24) is 0 Å². The normalized spacial score (nSPS) is 24.5. The molecule has 88 valence electrons. The van der Waals surface area contributed by atoms with Gasteiger partial charge in [0.1, 0.15) is 5.82 Å². The lowest BCUT2D eigenvalue weighted by Crippen LogP contribution is -2.53. The molecule has 2 N–H and O–H groups in total. The van der Waals surface area contributed by atoms with Crippen LogP contribution in [0.2, 0.25) is 0 Å². The molecule has 0 radical (unpaired) electrons. The number of anilines is 1. The topological polar surface area (TPSA) is 29.3 Å². The lowest BCUT2D eigenvalue weighted by molar-refractivity contribution is 0.327. The second-order valence-corrected chi connectivity index (χ2v) is 5.19. The fraction of sp³-hybridized carbons (Fsp3) is 0.538. The molecule has 1 aromatic rings. The fourth-order valence-electron chi connectivity index (χ4n) is 2.55. The maximum absolute atomic E-state index is 12.9. The summed E-state index contributed by atoms with van der Waals surface area (Å²) in [5.74, 6) is -0.185. The zero-order valence-electron chi connectivity index (χ0n) is 9.91. The van der Waals surface area contributed by atoms with Gasteiger partial charge < -0.3 is 10.6 Å². The van der Waals surface area contributed by atoms with Crippen molar-refractivity contribution in [2.24, 2.45) is 5.73 Å². The number of benzene rings is 1. The molecule has 2 rings (SSSR count). The molecule has 0 spiro atoms. The molecule has 0 amide bonds.